The van der Waals surface area contributed by atoms with Gasteiger partial charge in [-0.2, -0.15) is 0 Å². The molecule has 3 aromatic carbocycles. The summed E-state index contributed by atoms with van der Waals surface area (Å²) in [6.45, 7) is 6.38. The number of nitrogens with one attached hydrogen (secondary N) is 2. The minimum absolute atomic E-state index is 0.375. The van der Waals surface area contributed by atoms with Gasteiger partial charge in [0.2, 0.25) is 0 Å². The fraction of sp³-hybridized carbons (Fsp3) is 0.292. The van der Waals surface area contributed by atoms with E-state index in [2.05, 4.69) is 116 Å². The Bertz CT molecular complexity index is 2660. The third kappa shape index (κ3) is 9.20. The Morgan fingerprint density at radius 2 is 1.17 bits per heavy atom. The van der Waals surface area contributed by atoms with Crippen molar-refractivity contribution >= 4 is 72.7 Å². The highest BCUT2D eigenvalue weighted by atomic mass is 79.9. The topological polar surface area (TPSA) is 112 Å². The van der Waals surface area contributed by atoms with Gasteiger partial charge in [0.05, 0.1) is 14.2 Å². The zero-order chi connectivity index (χ0) is 41.8. The van der Waals surface area contributed by atoms with Crippen LogP contribution in [0.4, 0.5) is 23.0 Å². The number of anilines is 4. The molecule has 11 heteroatoms. The number of ether oxygens (including phenoxy) is 2. The van der Waals surface area contributed by atoms with Gasteiger partial charge in [-0.05, 0) is 131 Å². The van der Waals surface area contributed by atoms with Crippen LogP contribution in [-0.4, -0.2) is 45.3 Å². The third-order valence-corrected chi connectivity index (χ3v) is 11.2. The summed E-state index contributed by atoms with van der Waals surface area (Å²) in [6, 6.07) is 24.5. The molecule has 59 heavy (non-hydrogen) atoms. The van der Waals surface area contributed by atoms with E-state index in [1.807, 2.05) is 62.0 Å². The molecule has 0 unspecified atom stereocenters. The van der Waals surface area contributed by atoms with Crippen LogP contribution in [-0.2, 0) is 23.6 Å². The van der Waals surface area contributed by atoms with E-state index in [0.717, 1.165) is 74.5 Å². The lowest BCUT2D eigenvalue weighted by Crippen LogP contribution is -2.08. The number of fused-ring (bicyclic) bond motifs is 2. The average Bonchev–Trinajstić information content (AvgIpc) is 4.19. The smallest absolute Gasteiger partial charge is 0.341 e. The van der Waals surface area contributed by atoms with E-state index in [0.29, 0.717) is 34.6 Å². The molecule has 0 amide bonds. The quantitative estimate of drug-likeness (QED) is 0.138. The summed E-state index contributed by atoms with van der Waals surface area (Å²) in [5.41, 5.74) is 10.8. The van der Waals surface area contributed by atoms with E-state index in [4.69, 9.17) is 9.47 Å². The summed E-state index contributed by atoms with van der Waals surface area (Å²) >= 11 is 3.58. The molecule has 4 aromatic heterocycles. The number of aromatic nitrogens is 4. The fourth-order valence-corrected chi connectivity index (χ4v) is 7.85. The van der Waals surface area contributed by atoms with Gasteiger partial charge in [0, 0.05) is 82.1 Å². The Morgan fingerprint density at radius 1 is 0.695 bits per heavy atom. The van der Waals surface area contributed by atoms with Crippen molar-refractivity contribution in [2.45, 2.75) is 64.7 Å². The average molecular weight is 856 g/mol. The maximum atomic E-state index is 12.4. The highest BCUT2D eigenvalue weighted by Crippen LogP contribution is 2.42. The second-order valence-electron chi connectivity index (χ2n) is 15.3. The highest BCUT2D eigenvalue weighted by molar-refractivity contribution is 9.10. The summed E-state index contributed by atoms with van der Waals surface area (Å²) < 4.78 is 15.2. The summed E-state index contributed by atoms with van der Waals surface area (Å²) in [4.78, 5) is 33.6. The molecule has 0 aliphatic heterocycles. The van der Waals surface area contributed by atoms with Gasteiger partial charge in [0.25, 0.3) is 0 Å². The van der Waals surface area contributed by atoms with E-state index in [1.165, 1.54) is 37.3 Å². The Hall–Kier alpha value is -5.94. The van der Waals surface area contributed by atoms with E-state index >= 15 is 0 Å². The van der Waals surface area contributed by atoms with Crippen molar-refractivity contribution in [1.82, 2.24) is 19.1 Å². The largest absolute Gasteiger partial charge is 0.465 e. The number of benzene rings is 3. The lowest BCUT2D eigenvalue weighted by atomic mass is 10.00. The molecule has 2 aliphatic rings. The molecule has 0 saturated heterocycles. The number of halogens is 1. The molecule has 2 N–H and O–H groups in total. The molecule has 2 aliphatic carbocycles. The first-order valence-corrected chi connectivity index (χ1v) is 20.9. The van der Waals surface area contributed by atoms with Crippen LogP contribution in [0.5, 0.6) is 0 Å². The molecule has 10 nitrogen and oxygen atoms in total. The third-order valence-electron chi connectivity index (χ3n) is 10.6. The van der Waals surface area contributed by atoms with Crippen LogP contribution in [0.15, 0.2) is 102 Å². The molecule has 2 saturated carbocycles. The number of pyridine rings is 2. The zero-order valence-electron chi connectivity index (χ0n) is 34.7. The van der Waals surface area contributed by atoms with E-state index < -0.39 is 0 Å². The monoisotopic (exact) mass is 854 g/mol. The van der Waals surface area contributed by atoms with Gasteiger partial charge >= 0.3 is 11.9 Å². The van der Waals surface area contributed by atoms with Crippen LogP contribution in [0.1, 0.15) is 95.2 Å². The summed E-state index contributed by atoms with van der Waals surface area (Å²) in [5.74, 6) is 1.33. The predicted octanol–water partition coefficient (Wildman–Crippen LogP) is 12.1. The number of carbonyl (C=O) groups is 2. The van der Waals surface area contributed by atoms with Gasteiger partial charge < -0.3 is 29.2 Å². The van der Waals surface area contributed by atoms with Crippen LogP contribution in [0.2, 0.25) is 0 Å². The summed E-state index contributed by atoms with van der Waals surface area (Å²) in [5, 5.41) is 8.86. The van der Waals surface area contributed by atoms with Gasteiger partial charge in [0.15, 0.2) is 0 Å². The number of hydrogen-bond donors (Lipinski definition) is 2. The Kier molecular flexibility index (Phi) is 12.5. The van der Waals surface area contributed by atoms with Crippen molar-refractivity contribution in [3.8, 4) is 11.1 Å². The lowest BCUT2D eigenvalue weighted by molar-refractivity contribution is 0.0592. The molecular formula is C48H51BrN6O4. The molecule has 7 aromatic rings. The highest BCUT2D eigenvalue weighted by Gasteiger charge is 2.27. The van der Waals surface area contributed by atoms with Gasteiger partial charge in [-0.25, -0.2) is 19.6 Å². The molecule has 0 radical (unpaired) electrons. The van der Waals surface area contributed by atoms with Gasteiger partial charge in [-0.3, -0.25) is 0 Å². The number of methoxy groups -OCH3 is 2. The van der Waals surface area contributed by atoms with E-state index in [9.17, 15) is 9.59 Å². The Labute approximate surface area is 354 Å². The van der Waals surface area contributed by atoms with E-state index in [1.54, 1.807) is 0 Å². The maximum absolute atomic E-state index is 12.4. The fourth-order valence-electron chi connectivity index (χ4n) is 7.23. The number of nitrogens with zero attached hydrogens (tertiary/aromatic N) is 4. The van der Waals surface area contributed by atoms with Crippen LogP contribution in [0, 0.1) is 6.92 Å². The van der Waals surface area contributed by atoms with Crippen LogP contribution in [0.3, 0.4) is 0 Å². The van der Waals surface area contributed by atoms with Crippen molar-refractivity contribution in [2.24, 2.45) is 14.1 Å². The van der Waals surface area contributed by atoms with Crippen molar-refractivity contribution in [3.63, 3.8) is 0 Å². The predicted molar refractivity (Wildman–Crippen MR) is 241 cm³/mol. The Balaban J connectivity index is 0.000000171. The van der Waals surface area contributed by atoms with Crippen molar-refractivity contribution in [1.29, 1.82) is 0 Å². The SMILES string of the molecule is CCC.COC(=O)c1cc(C2CC2)cnc1Nc1ccc2c(c1)c(-c1ccccc1C)cn2C.COC(=O)c1cc(C2CC2)cnc1Nc1ccc2c(c1)c(Br)cn2C. The van der Waals surface area contributed by atoms with Gasteiger partial charge in [0.1, 0.15) is 22.8 Å². The summed E-state index contributed by atoms with van der Waals surface area (Å²) in [6.07, 6.45) is 13.8. The number of carbonyl (C=O) groups excluding carboxylic acids is 2. The van der Waals surface area contributed by atoms with Gasteiger partial charge in [-0.1, -0.05) is 44.5 Å². The second-order valence-corrected chi connectivity index (χ2v) is 16.2. The molecule has 4 heterocycles. The second kappa shape index (κ2) is 17.9. The molecule has 0 bridgehead atoms. The lowest BCUT2D eigenvalue weighted by Gasteiger charge is -2.12. The standard InChI is InChI=1S/C26H25N3O2.C19H18BrN3O2.C3H8/c1-16-6-4-5-7-20(16)23-15-29(2)24-11-10-19(13-21(23)24)28-25-22(26(30)31-3)12-18(14-27-25)17-8-9-17;1-23-10-16(20)14-8-13(5-6-17(14)23)22-18-15(19(24)25-2)7-12(9-21-18)11-3-4-11;1-3-2/h4-7,10-15,17H,8-9H2,1-3H3,(H,27,28);5-11H,3-4H2,1-2H3,(H,21,22);3H2,1-2H3. The van der Waals surface area contributed by atoms with Crippen LogP contribution >= 0.6 is 15.9 Å². The van der Waals surface area contributed by atoms with Crippen molar-refractivity contribution in [2.75, 3.05) is 24.9 Å². The molecule has 0 atom stereocenters. The first-order chi connectivity index (χ1) is 28.5. The van der Waals surface area contributed by atoms with Crippen molar-refractivity contribution < 1.29 is 19.1 Å². The number of rotatable bonds is 9. The molecule has 304 valence electrons. The van der Waals surface area contributed by atoms with Gasteiger partial charge in [-0.15, -0.1) is 0 Å². The number of esters is 2. The maximum Gasteiger partial charge on any atom is 0.341 e. The van der Waals surface area contributed by atoms with Crippen molar-refractivity contribution in [3.05, 3.63) is 130 Å². The summed E-state index contributed by atoms with van der Waals surface area (Å²) in [7, 11) is 6.86. The molecule has 9 rings (SSSR count). The molecular weight excluding hydrogens is 804 g/mol. The molecule has 2 fully saturated rings. The minimum Gasteiger partial charge on any atom is -0.465 e. The first kappa shape index (κ1) is 41.2. The normalized spacial score (nSPS) is 13.2. The zero-order valence-corrected chi connectivity index (χ0v) is 36.3. The Morgan fingerprint density at radius 3 is 1.66 bits per heavy atom. The minimum atomic E-state index is -0.376. The first-order valence-electron chi connectivity index (χ1n) is 20.1. The number of hydrogen-bond acceptors (Lipinski definition) is 8. The van der Waals surface area contributed by atoms with Crippen LogP contribution < -0.4 is 10.6 Å². The molecule has 0 spiro atoms. The van der Waals surface area contributed by atoms with E-state index in [-0.39, 0.29) is 11.9 Å². The van der Waals surface area contributed by atoms with Crippen LogP contribution in [0.25, 0.3) is 32.9 Å². The number of aryl methyl sites for hydroxylation is 3.